The van der Waals surface area contributed by atoms with Gasteiger partial charge in [-0.2, -0.15) is 5.10 Å². The lowest BCUT2D eigenvalue weighted by molar-refractivity contribution is 0.102. The van der Waals surface area contributed by atoms with Crippen LogP contribution in [0.25, 0.3) is 0 Å². The van der Waals surface area contributed by atoms with E-state index in [1.54, 1.807) is 43.6 Å². The van der Waals surface area contributed by atoms with E-state index >= 15 is 0 Å². The van der Waals surface area contributed by atoms with Crippen molar-refractivity contribution in [2.45, 2.75) is 4.90 Å². The summed E-state index contributed by atoms with van der Waals surface area (Å²) >= 11 is 0. The largest absolute Gasteiger partial charge is 0.497 e. The molecule has 1 amide bonds. The average molecular weight is 386 g/mol. The van der Waals surface area contributed by atoms with Gasteiger partial charge < -0.3 is 10.1 Å². The number of nitrogens with one attached hydrogen (secondary N) is 2. The van der Waals surface area contributed by atoms with E-state index in [4.69, 9.17) is 4.74 Å². The Bertz CT molecular complexity index is 1040. The predicted octanol–water partition coefficient (Wildman–Crippen LogP) is 2.48. The third-order valence-electron chi connectivity index (χ3n) is 3.71. The summed E-state index contributed by atoms with van der Waals surface area (Å²) in [4.78, 5) is 12.2. The molecular formula is C18H18N4O4S. The molecule has 0 unspecified atom stereocenters. The quantitative estimate of drug-likeness (QED) is 0.678. The number of amides is 1. The molecule has 0 aliphatic rings. The first-order chi connectivity index (χ1) is 12.9. The number of aryl methyl sites for hydroxylation is 1. The summed E-state index contributed by atoms with van der Waals surface area (Å²) in [5, 5.41) is 6.68. The number of benzene rings is 2. The van der Waals surface area contributed by atoms with E-state index < -0.39 is 10.0 Å². The second kappa shape index (κ2) is 7.50. The molecule has 8 nitrogen and oxygen atoms in total. The third-order valence-corrected chi connectivity index (χ3v) is 5.11. The number of rotatable bonds is 6. The molecule has 27 heavy (non-hydrogen) atoms. The van der Waals surface area contributed by atoms with Crippen LogP contribution in [0.15, 0.2) is 65.7 Å². The van der Waals surface area contributed by atoms with Crippen molar-refractivity contribution in [1.82, 2.24) is 9.78 Å². The second-order valence-corrected chi connectivity index (χ2v) is 7.37. The number of ether oxygens (including phenoxy) is 1. The topological polar surface area (TPSA) is 102 Å². The number of methoxy groups -OCH3 is 1. The van der Waals surface area contributed by atoms with E-state index in [0.717, 1.165) is 0 Å². The highest BCUT2D eigenvalue weighted by Crippen LogP contribution is 2.20. The lowest BCUT2D eigenvalue weighted by atomic mass is 10.3. The predicted molar refractivity (Wildman–Crippen MR) is 101 cm³/mol. The monoisotopic (exact) mass is 386 g/mol. The summed E-state index contributed by atoms with van der Waals surface area (Å²) < 4.78 is 34.0. The van der Waals surface area contributed by atoms with Crippen LogP contribution in [0.5, 0.6) is 5.75 Å². The first-order valence-electron chi connectivity index (χ1n) is 7.95. The first kappa shape index (κ1) is 18.5. The Hall–Kier alpha value is -3.33. The second-order valence-electron chi connectivity index (χ2n) is 5.69. The van der Waals surface area contributed by atoms with Crippen LogP contribution in [0.3, 0.4) is 0 Å². The van der Waals surface area contributed by atoms with Gasteiger partial charge in [0.2, 0.25) is 0 Å². The molecule has 2 aromatic carbocycles. The Morgan fingerprint density at radius 1 is 1.00 bits per heavy atom. The molecule has 1 aromatic heterocycles. The zero-order valence-corrected chi connectivity index (χ0v) is 15.5. The lowest BCUT2D eigenvalue weighted by Crippen LogP contribution is -2.14. The van der Waals surface area contributed by atoms with Crippen LogP contribution in [-0.2, 0) is 17.1 Å². The minimum atomic E-state index is -3.75. The summed E-state index contributed by atoms with van der Waals surface area (Å²) in [6.07, 6.45) is 1.66. The Labute approximate surface area is 156 Å². The van der Waals surface area contributed by atoms with Crippen molar-refractivity contribution in [3.63, 3.8) is 0 Å². The molecule has 0 radical (unpaired) electrons. The van der Waals surface area contributed by atoms with Gasteiger partial charge in [-0.3, -0.25) is 14.2 Å². The molecule has 0 spiro atoms. The van der Waals surface area contributed by atoms with Gasteiger partial charge in [0.15, 0.2) is 5.69 Å². The van der Waals surface area contributed by atoms with E-state index in [1.807, 2.05) is 0 Å². The lowest BCUT2D eigenvalue weighted by Gasteiger charge is -2.10. The van der Waals surface area contributed by atoms with Gasteiger partial charge in [-0.15, -0.1) is 0 Å². The van der Waals surface area contributed by atoms with Crippen LogP contribution in [0.2, 0.25) is 0 Å². The highest BCUT2D eigenvalue weighted by atomic mass is 32.2. The molecule has 0 aliphatic heterocycles. The maximum absolute atomic E-state index is 12.5. The number of hydrogen-bond donors (Lipinski definition) is 2. The molecule has 0 fully saturated rings. The van der Waals surface area contributed by atoms with Crippen molar-refractivity contribution in [2.75, 3.05) is 17.1 Å². The van der Waals surface area contributed by atoms with Crippen molar-refractivity contribution in [3.05, 3.63) is 66.5 Å². The Morgan fingerprint density at radius 2 is 1.63 bits per heavy atom. The highest BCUT2D eigenvalue weighted by Gasteiger charge is 2.15. The average Bonchev–Trinajstić information content (AvgIpc) is 3.09. The third kappa shape index (κ3) is 4.45. The van der Waals surface area contributed by atoms with Crippen molar-refractivity contribution >= 4 is 27.3 Å². The van der Waals surface area contributed by atoms with Crippen molar-refractivity contribution in [3.8, 4) is 5.75 Å². The van der Waals surface area contributed by atoms with Crippen molar-refractivity contribution in [1.29, 1.82) is 0 Å². The van der Waals surface area contributed by atoms with Crippen LogP contribution in [0.1, 0.15) is 10.5 Å². The molecule has 0 saturated carbocycles. The number of carbonyl (C=O) groups is 1. The maximum atomic E-state index is 12.5. The van der Waals surface area contributed by atoms with E-state index in [0.29, 0.717) is 17.1 Å². The van der Waals surface area contributed by atoms with Crippen LogP contribution in [0, 0.1) is 0 Å². The zero-order chi connectivity index (χ0) is 19.4. The normalized spacial score (nSPS) is 11.0. The molecule has 140 valence electrons. The molecule has 0 saturated heterocycles. The van der Waals surface area contributed by atoms with Gasteiger partial charge in [0.25, 0.3) is 15.9 Å². The standard InChI is InChI=1S/C18H18N4O4S/c1-22-12-11-17(20-22)18(23)19-13-5-9-16(10-6-13)27(24,25)21-14-3-7-15(26-2)8-4-14/h3-12,21H,1-2H3,(H,19,23). The van der Waals surface area contributed by atoms with Gasteiger partial charge in [-0.25, -0.2) is 8.42 Å². The number of aromatic nitrogens is 2. The smallest absolute Gasteiger partial charge is 0.276 e. The van der Waals surface area contributed by atoms with Crippen molar-refractivity contribution in [2.24, 2.45) is 7.05 Å². The van der Waals surface area contributed by atoms with Gasteiger partial charge in [0.1, 0.15) is 5.75 Å². The minimum Gasteiger partial charge on any atom is -0.497 e. The molecule has 0 aliphatic carbocycles. The summed E-state index contributed by atoms with van der Waals surface area (Å²) in [5.74, 6) is 0.258. The molecule has 0 bridgehead atoms. The zero-order valence-electron chi connectivity index (χ0n) is 14.7. The fraction of sp³-hybridized carbons (Fsp3) is 0.111. The van der Waals surface area contributed by atoms with Gasteiger partial charge in [-0.1, -0.05) is 0 Å². The summed E-state index contributed by atoms with van der Waals surface area (Å²) in [7, 11) is -0.497. The number of hydrogen-bond acceptors (Lipinski definition) is 5. The maximum Gasteiger partial charge on any atom is 0.276 e. The van der Waals surface area contributed by atoms with E-state index in [-0.39, 0.29) is 16.5 Å². The van der Waals surface area contributed by atoms with Gasteiger partial charge >= 0.3 is 0 Å². The number of anilines is 2. The van der Waals surface area contributed by atoms with Crippen LogP contribution in [0.4, 0.5) is 11.4 Å². The first-order valence-corrected chi connectivity index (χ1v) is 9.44. The summed E-state index contributed by atoms with van der Waals surface area (Å²) in [5.41, 5.74) is 1.16. The fourth-order valence-corrected chi connectivity index (χ4v) is 3.38. The van der Waals surface area contributed by atoms with Gasteiger partial charge in [-0.05, 0) is 54.6 Å². The van der Waals surface area contributed by atoms with Gasteiger partial charge in [0.05, 0.1) is 12.0 Å². The fourth-order valence-electron chi connectivity index (χ4n) is 2.32. The number of sulfonamides is 1. The van der Waals surface area contributed by atoms with Gasteiger partial charge in [0, 0.05) is 24.6 Å². The number of carbonyl (C=O) groups excluding carboxylic acids is 1. The Balaban J connectivity index is 1.70. The molecule has 3 rings (SSSR count). The minimum absolute atomic E-state index is 0.0779. The van der Waals surface area contributed by atoms with Crippen LogP contribution in [-0.4, -0.2) is 31.2 Å². The molecule has 2 N–H and O–H groups in total. The molecular weight excluding hydrogens is 368 g/mol. The Morgan fingerprint density at radius 3 is 2.19 bits per heavy atom. The van der Waals surface area contributed by atoms with E-state index in [2.05, 4.69) is 15.1 Å². The molecule has 1 heterocycles. The Kier molecular flexibility index (Phi) is 5.13. The van der Waals surface area contributed by atoms with E-state index in [9.17, 15) is 13.2 Å². The molecule has 0 atom stereocenters. The SMILES string of the molecule is COc1ccc(NS(=O)(=O)c2ccc(NC(=O)c3ccn(C)n3)cc2)cc1. The van der Waals surface area contributed by atoms with Crippen LogP contribution >= 0.6 is 0 Å². The highest BCUT2D eigenvalue weighted by molar-refractivity contribution is 7.92. The summed E-state index contributed by atoms with van der Waals surface area (Å²) in [6.45, 7) is 0. The van der Waals surface area contributed by atoms with Crippen LogP contribution < -0.4 is 14.8 Å². The summed E-state index contributed by atoms with van der Waals surface area (Å²) in [6, 6.07) is 14.0. The van der Waals surface area contributed by atoms with Crippen molar-refractivity contribution < 1.29 is 17.9 Å². The number of nitrogens with zero attached hydrogens (tertiary/aromatic N) is 2. The molecule has 9 heteroatoms. The van der Waals surface area contributed by atoms with E-state index in [1.165, 1.54) is 36.1 Å². The molecule has 3 aromatic rings.